The van der Waals surface area contributed by atoms with E-state index in [2.05, 4.69) is 0 Å². The van der Waals surface area contributed by atoms with Crippen molar-refractivity contribution in [3.05, 3.63) is 23.3 Å². The van der Waals surface area contributed by atoms with Gasteiger partial charge in [0.05, 0.1) is 6.10 Å². The summed E-state index contributed by atoms with van der Waals surface area (Å²) >= 11 is 0. The molecule has 1 aromatic rings. The van der Waals surface area contributed by atoms with Crippen LogP contribution in [0.5, 0.6) is 5.75 Å². The van der Waals surface area contributed by atoms with Crippen molar-refractivity contribution in [2.45, 2.75) is 39.2 Å². The maximum atomic E-state index is 5.89. The van der Waals surface area contributed by atoms with Crippen LogP contribution in [-0.2, 0) is 4.74 Å². The van der Waals surface area contributed by atoms with Gasteiger partial charge in [-0.1, -0.05) is 6.07 Å². The quantitative estimate of drug-likeness (QED) is 0.819. The standard InChI is InChI=1S/C14H21NO2/c1-10-6-7-13(15)11(2)14(10)17-9-12-5-3-4-8-16-12/h6-7,12H,3-5,8-9,15H2,1-2H3. The molecule has 0 spiro atoms. The Morgan fingerprint density at radius 2 is 2.18 bits per heavy atom. The Kier molecular flexibility index (Phi) is 3.89. The fourth-order valence-electron chi connectivity index (χ4n) is 2.18. The van der Waals surface area contributed by atoms with E-state index in [4.69, 9.17) is 15.2 Å². The normalized spacial score (nSPS) is 20.2. The molecule has 3 nitrogen and oxygen atoms in total. The van der Waals surface area contributed by atoms with Crippen molar-refractivity contribution in [2.24, 2.45) is 0 Å². The van der Waals surface area contributed by atoms with E-state index in [1.807, 2.05) is 26.0 Å². The molecular weight excluding hydrogens is 214 g/mol. The Morgan fingerprint density at radius 1 is 1.35 bits per heavy atom. The molecule has 0 radical (unpaired) electrons. The molecule has 3 heteroatoms. The third kappa shape index (κ3) is 2.91. The smallest absolute Gasteiger partial charge is 0.127 e. The van der Waals surface area contributed by atoms with Crippen LogP contribution in [0.25, 0.3) is 0 Å². The lowest BCUT2D eigenvalue weighted by molar-refractivity contribution is -0.0112. The maximum Gasteiger partial charge on any atom is 0.127 e. The number of anilines is 1. The van der Waals surface area contributed by atoms with Gasteiger partial charge in [0.25, 0.3) is 0 Å². The van der Waals surface area contributed by atoms with Crippen LogP contribution in [0, 0.1) is 13.8 Å². The van der Waals surface area contributed by atoms with Crippen LogP contribution in [0.3, 0.4) is 0 Å². The Bertz CT molecular complexity index is 384. The van der Waals surface area contributed by atoms with Crippen molar-refractivity contribution in [1.82, 2.24) is 0 Å². The summed E-state index contributed by atoms with van der Waals surface area (Å²) in [4.78, 5) is 0. The molecule has 1 aliphatic rings. The highest BCUT2D eigenvalue weighted by Gasteiger charge is 2.16. The first-order chi connectivity index (χ1) is 8.18. The molecule has 0 aromatic heterocycles. The maximum absolute atomic E-state index is 5.89. The molecule has 1 saturated heterocycles. The number of benzene rings is 1. The lowest BCUT2D eigenvalue weighted by Gasteiger charge is -2.23. The molecule has 2 rings (SSSR count). The topological polar surface area (TPSA) is 44.5 Å². The lowest BCUT2D eigenvalue weighted by atomic mass is 10.1. The summed E-state index contributed by atoms with van der Waals surface area (Å²) < 4.78 is 11.5. The van der Waals surface area contributed by atoms with Crippen molar-refractivity contribution < 1.29 is 9.47 Å². The van der Waals surface area contributed by atoms with Crippen LogP contribution in [-0.4, -0.2) is 19.3 Å². The van der Waals surface area contributed by atoms with Crippen LogP contribution in [0.4, 0.5) is 5.69 Å². The molecule has 17 heavy (non-hydrogen) atoms. The number of rotatable bonds is 3. The van der Waals surface area contributed by atoms with E-state index in [0.29, 0.717) is 6.61 Å². The summed E-state index contributed by atoms with van der Waals surface area (Å²) in [6.45, 7) is 5.54. The monoisotopic (exact) mass is 235 g/mol. The van der Waals surface area contributed by atoms with Crippen molar-refractivity contribution >= 4 is 5.69 Å². The molecule has 1 fully saturated rings. The minimum Gasteiger partial charge on any atom is -0.490 e. The third-order valence-corrected chi connectivity index (χ3v) is 3.33. The van der Waals surface area contributed by atoms with Gasteiger partial charge in [0.1, 0.15) is 12.4 Å². The molecule has 0 bridgehead atoms. The van der Waals surface area contributed by atoms with Crippen LogP contribution in [0.2, 0.25) is 0 Å². The molecule has 0 aliphatic carbocycles. The minimum absolute atomic E-state index is 0.240. The minimum atomic E-state index is 0.240. The van der Waals surface area contributed by atoms with Crippen molar-refractivity contribution in [2.75, 3.05) is 18.9 Å². The summed E-state index contributed by atoms with van der Waals surface area (Å²) in [5, 5.41) is 0. The summed E-state index contributed by atoms with van der Waals surface area (Å²) in [7, 11) is 0. The summed E-state index contributed by atoms with van der Waals surface area (Å²) in [6, 6.07) is 3.92. The van der Waals surface area contributed by atoms with Crippen molar-refractivity contribution in [3.63, 3.8) is 0 Å². The molecule has 1 aromatic carbocycles. The van der Waals surface area contributed by atoms with Gasteiger partial charge in [0, 0.05) is 17.9 Å². The van der Waals surface area contributed by atoms with Gasteiger partial charge in [-0.15, -0.1) is 0 Å². The van der Waals surface area contributed by atoms with Gasteiger partial charge in [-0.25, -0.2) is 0 Å². The number of ether oxygens (including phenoxy) is 2. The van der Waals surface area contributed by atoms with E-state index in [1.165, 1.54) is 12.8 Å². The number of nitrogens with two attached hydrogens (primary N) is 1. The molecule has 2 N–H and O–H groups in total. The van der Waals surface area contributed by atoms with E-state index in [-0.39, 0.29) is 6.10 Å². The highest BCUT2D eigenvalue weighted by Crippen LogP contribution is 2.28. The third-order valence-electron chi connectivity index (χ3n) is 3.33. The summed E-state index contributed by atoms with van der Waals surface area (Å²) in [5.41, 5.74) is 8.83. The van der Waals surface area contributed by atoms with Gasteiger partial charge in [-0.3, -0.25) is 0 Å². The molecule has 1 atom stereocenters. The van der Waals surface area contributed by atoms with Crippen molar-refractivity contribution in [3.8, 4) is 5.75 Å². The SMILES string of the molecule is Cc1ccc(N)c(C)c1OCC1CCCCO1. The molecule has 0 saturated carbocycles. The Balaban J connectivity index is 2.00. The first-order valence-electron chi connectivity index (χ1n) is 6.28. The summed E-state index contributed by atoms with van der Waals surface area (Å²) in [5.74, 6) is 0.916. The average Bonchev–Trinajstić information content (AvgIpc) is 2.35. The number of nitrogen functional groups attached to an aromatic ring is 1. The van der Waals surface area contributed by atoms with E-state index in [9.17, 15) is 0 Å². The van der Waals surface area contributed by atoms with Crippen LogP contribution in [0.15, 0.2) is 12.1 Å². The van der Waals surface area contributed by atoms with Gasteiger partial charge in [0.15, 0.2) is 0 Å². The number of aryl methyl sites for hydroxylation is 1. The van der Waals surface area contributed by atoms with Gasteiger partial charge in [-0.05, 0) is 44.7 Å². The van der Waals surface area contributed by atoms with E-state index in [1.54, 1.807) is 0 Å². The van der Waals surface area contributed by atoms with Crippen LogP contribution < -0.4 is 10.5 Å². The first kappa shape index (κ1) is 12.2. The van der Waals surface area contributed by atoms with E-state index in [0.717, 1.165) is 35.6 Å². The molecule has 0 amide bonds. The Morgan fingerprint density at radius 3 is 2.88 bits per heavy atom. The van der Waals surface area contributed by atoms with Crippen LogP contribution >= 0.6 is 0 Å². The van der Waals surface area contributed by atoms with Crippen molar-refractivity contribution in [1.29, 1.82) is 0 Å². The molecule has 94 valence electrons. The van der Waals surface area contributed by atoms with Gasteiger partial charge in [-0.2, -0.15) is 0 Å². The molecule has 1 unspecified atom stereocenters. The highest BCUT2D eigenvalue weighted by atomic mass is 16.5. The lowest BCUT2D eigenvalue weighted by Crippen LogP contribution is -2.26. The second-order valence-electron chi connectivity index (χ2n) is 4.73. The highest BCUT2D eigenvalue weighted by molar-refractivity contribution is 5.56. The summed E-state index contributed by atoms with van der Waals surface area (Å²) in [6.07, 6.45) is 3.75. The number of hydrogen-bond acceptors (Lipinski definition) is 3. The molecular formula is C14H21NO2. The largest absolute Gasteiger partial charge is 0.490 e. The number of hydrogen-bond donors (Lipinski definition) is 1. The molecule has 1 aliphatic heterocycles. The average molecular weight is 235 g/mol. The second-order valence-corrected chi connectivity index (χ2v) is 4.73. The fourth-order valence-corrected chi connectivity index (χ4v) is 2.18. The van der Waals surface area contributed by atoms with E-state index < -0.39 is 0 Å². The zero-order valence-electron chi connectivity index (χ0n) is 10.7. The zero-order chi connectivity index (χ0) is 12.3. The second kappa shape index (κ2) is 5.41. The predicted molar refractivity (Wildman–Crippen MR) is 69.4 cm³/mol. The van der Waals surface area contributed by atoms with E-state index >= 15 is 0 Å². The fraction of sp³-hybridized carbons (Fsp3) is 0.571. The first-order valence-corrected chi connectivity index (χ1v) is 6.28. The van der Waals surface area contributed by atoms with Gasteiger partial charge < -0.3 is 15.2 Å². The van der Waals surface area contributed by atoms with Gasteiger partial charge in [0.2, 0.25) is 0 Å². The van der Waals surface area contributed by atoms with Crippen LogP contribution in [0.1, 0.15) is 30.4 Å². The van der Waals surface area contributed by atoms with Gasteiger partial charge >= 0.3 is 0 Å². The Hall–Kier alpha value is -1.22. The molecule has 1 heterocycles. The zero-order valence-corrected chi connectivity index (χ0v) is 10.7. The Labute approximate surface area is 103 Å². The predicted octanol–water partition coefficient (Wildman–Crippen LogP) is 2.83.